The van der Waals surface area contributed by atoms with Crippen molar-refractivity contribution in [3.63, 3.8) is 0 Å². The predicted molar refractivity (Wildman–Crippen MR) is 123 cm³/mol. The minimum atomic E-state index is -0.589. The molecule has 3 rings (SSSR count). The highest BCUT2D eigenvalue weighted by Crippen LogP contribution is 2.24. The van der Waals surface area contributed by atoms with Crippen LogP contribution in [-0.4, -0.2) is 55.2 Å². The number of carbonyl (C=O) groups excluding carboxylic acids is 2. The van der Waals surface area contributed by atoms with Gasteiger partial charge in [0.05, 0.1) is 5.02 Å². The van der Waals surface area contributed by atoms with Crippen LogP contribution in [0, 0.1) is 18.6 Å². The number of ketones is 1. The molecule has 2 aromatic rings. The number of nitrogens with zero attached hydrogens (tertiary/aromatic N) is 2. The summed E-state index contributed by atoms with van der Waals surface area (Å²) in [4.78, 5) is 29.5. The molecule has 0 unspecified atom stereocenters. The van der Waals surface area contributed by atoms with Gasteiger partial charge in [0.2, 0.25) is 5.91 Å². The third-order valence-electron chi connectivity index (χ3n) is 5.25. The highest BCUT2D eigenvalue weighted by molar-refractivity contribution is 6.30. The zero-order valence-corrected chi connectivity index (χ0v) is 19.0. The van der Waals surface area contributed by atoms with Crippen LogP contribution in [0.15, 0.2) is 47.5 Å². The van der Waals surface area contributed by atoms with E-state index in [-0.39, 0.29) is 35.6 Å². The molecule has 168 valence electrons. The van der Waals surface area contributed by atoms with Crippen LogP contribution in [0.1, 0.15) is 23.1 Å². The second kappa shape index (κ2) is 10.2. The third kappa shape index (κ3) is 5.90. The first-order valence-corrected chi connectivity index (χ1v) is 10.6. The highest BCUT2D eigenvalue weighted by atomic mass is 35.5. The van der Waals surface area contributed by atoms with Gasteiger partial charge in [-0.2, -0.15) is 0 Å². The Morgan fingerprint density at radius 3 is 2.12 bits per heavy atom. The van der Waals surface area contributed by atoms with Crippen molar-refractivity contribution in [1.82, 2.24) is 9.80 Å². The average molecular weight is 459 g/mol. The standard InChI is InChI=1S/C25H25ClF2N2O2/c1-16-4-5-17(12-22(16)27)10-19-14-30(24(31)8-9-29(2)3)15-20(25(19)32)11-18-6-7-21(26)23(28)13-18/h4-7,10-13H,8-9,14-15H2,1-3H3/b19-10+,20-11+. The number of hydrogen-bond donors (Lipinski definition) is 0. The Labute approximate surface area is 191 Å². The SMILES string of the molecule is Cc1ccc(/C=C2\CN(C(=O)CCN(C)C)C/C(=C\c3ccc(Cl)c(F)c3)C2=O)cc1F. The fourth-order valence-corrected chi connectivity index (χ4v) is 3.51. The third-order valence-corrected chi connectivity index (χ3v) is 5.56. The van der Waals surface area contributed by atoms with Gasteiger partial charge in [-0.1, -0.05) is 29.8 Å². The smallest absolute Gasteiger partial charge is 0.224 e. The molecule has 0 atom stereocenters. The van der Waals surface area contributed by atoms with Crippen molar-refractivity contribution in [2.75, 3.05) is 33.7 Å². The van der Waals surface area contributed by atoms with Gasteiger partial charge in [-0.25, -0.2) is 8.78 Å². The first-order valence-electron chi connectivity index (χ1n) is 10.2. The number of likely N-dealkylation sites (tertiary alicyclic amines) is 1. The largest absolute Gasteiger partial charge is 0.334 e. The number of aryl methyl sites for hydroxylation is 1. The highest BCUT2D eigenvalue weighted by Gasteiger charge is 2.29. The van der Waals surface area contributed by atoms with Crippen molar-refractivity contribution < 1.29 is 18.4 Å². The summed E-state index contributed by atoms with van der Waals surface area (Å²) in [5.74, 6) is -1.30. The minimum absolute atomic E-state index is 0.00964. The van der Waals surface area contributed by atoms with Gasteiger partial charge < -0.3 is 9.80 Å². The summed E-state index contributed by atoms with van der Waals surface area (Å²) in [6.07, 6.45) is 3.47. The zero-order chi connectivity index (χ0) is 23.4. The summed E-state index contributed by atoms with van der Waals surface area (Å²) in [6, 6.07) is 9.00. The Morgan fingerprint density at radius 1 is 1.03 bits per heavy atom. The Balaban J connectivity index is 1.98. The zero-order valence-electron chi connectivity index (χ0n) is 18.3. The van der Waals surface area contributed by atoms with Gasteiger partial charge >= 0.3 is 0 Å². The number of Topliss-reactive ketones (excluding diaryl/α,β-unsaturated/α-hetero) is 1. The molecule has 1 heterocycles. The van der Waals surface area contributed by atoms with Crippen LogP contribution in [0.25, 0.3) is 12.2 Å². The van der Waals surface area contributed by atoms with Crippen molar-refractivity contribution in [3.05, 3.63) is 80.9 Å². The van der Waals surface area contributed by atoms with E-state index in [0.717, 1.165) is 0 Å². The normalized spacial score (nSPS) is 17.0. The number of benzene rings is 2. The summed E-state index contributed by atoms with van der Waals surface area (Å²) >= 11 is 5.76. The molecule has 1 amide bonds. The quantitative estimate of drug-likeness (QED) is 0.607. The number of carbonyl (C=O) groups is 2. The topological polar surface area (TPSA) is 40.6 Å². The predicted octanol–water partition coefficient (Wildman–Crippen LogP) is 4.76. The first-order chi connectivity index (χ1) is 15.1. The van der Waals surface area contributed by atoms with Crippen LogP contribution in [0.4, 0.5) is 8.78 Å². The van der Waals surface area contributed by atoms with Crippen molar-refractivity contribution >= 4 is 35.4 Å². The van der Waals surface area contributed by atoms with Crippen LogP contribution < -0.4 is 0 Å². The van der Waals surface area contributed by atoms with Gasteiger partial charge in [-0.05, 0) is 68.1 Å². The van der Waals surface area contributed by atoms with E-state index in [2.05, 4.69) is 0 Å². The molecule has 32 heavy (non-hydrogen) atoms. The molecule has 7 heteroatoms. The van der Waals surface area contributed by atoms with E-state index >= 15 is 0 Å². The van der Waals surface area contributed by atoms with E-state index < -0.39 is 5.82 Å². The van der Waals surface area contributed by atoms with Crippen LogP contribution in [-0.2, 0) is 9.59 Å². The summed E-state index contributed by atoms with van der Waals surface area (Å²) in [5.41, 5.74) is 2.25. The lowest BCUT2D eigenvalue weighted by Gasteiger charge is -2.30. The van der Waals surface area contributed by atoms with Crippen molar-refractivity contribution in [2.45, 2.75) is 13.3 Å². The molecule has 1 fully saturated rings. The molecular formula is C25H25ClF2N2O2. The second-order valence-corrected chi connectivity index (χ2v) is 8.56. The monoisotopic (exact) mass is 458 g/mol. The van der Waals surface area contributed by atoms with Gasteiger partial charge in [0.15, 0.2) is 5.78 Å². The fraction of sp³-hybridized carbons (Fsp3) is 0.280. The maximum atomic E-state index is 14.0. The molecule has 0 radical (unpaired) electrons. The summed E-state index contributed by atoms with van der Waals surface area (Å²) in [7, 11) is 3.76. The van der Waals surface area contributed by atoms with E-state index in [1.165, 1.54) is 18.2 Å². The molecule has 0 N–H and O–H groups in total. The summed E-state index contributed by atoms with van der Waals surface area (Å²) < 4.78 is 27.9. The molecule has 0 bridgehead atoms. The first kappa shape index (κ1) is 23.8. The van der Waals surface area contributed by atoms with Crippen LogP contribution in [0.3, 0.4) is 0 Å². The summed E-state index contributed by atoms with van der Waals surface area (Å²) in [5, 5.41) is -0.00964. The lowest BCUT2D eigenvalue weighted by molar-refractivity contribution is -0.131. The Hall–Kier alpha value is -2.83. The Kier molecular flexibility index (Phi) is 7.59. The Morgan fingerprint density at radius 2 is 1.59 bits per heavy atom. The molecule has 4 nitrogen and oxygen atoms in total. The molecule has 2 aromatic carbocycles. The van der Waals surface area contributed by atoms with E-state index in [4.69, 9.17) is 11.6 Å². The molecule has 0 aromatic heterocycles. The molecular weight excluding hydrogens is 434 g/mol. The number of halogens is 3. The fourth-order valence-electron chi connectivity index (χ4n) is 3.40. The molecule has 0 saturated carbocycles. The van der Waals surface area contributed by atoms with Gasteiger partial charge in [0.1, 0.15) is 11.6 Å². The lowest BCUT2D eigenvalue weighted by atomic mass is 9.93. The van der Waals surface area contributed by atoms with Crippen LogP contribution in [0.5, 0.6) is 0 Å². The Bertz CT molecular complexity index is 1040. The molecule has 1 saturated heterocycles. The van der Waals surface area contributed by atoms with E-state index in [1.807, 2.05) is 19.0 Å². The maximum Gasteiger partial charge on any atom is 0.224 e. The van der Waals surface area contributed by atoms with Gasteiger partial charge in [-0.3, -0.25) is 9.59 Å². The van der Waals surface area contributed by atoms with Gasteiger partial charge in [0, 0.05) is 37.2 Å². The van der Waals surface area contributed by atoms with Gasteiger partial charge in [0.25, 0.3) is 0 Å². The number of rotatable bonds is 5. The molecule has 1 aliphatic heterocycles. The van der Waals surface area contributed by atoms with Crippen LogP contribution in [0.2, 0.25) is 5.02 Å². The van der Waals surface area contributed by atoms with E-state index in [1.54, 1.807) is 42.2 Å². The molecule has 1 aliphatic rings. The van der Waals surface area contributed by atoms with Gasteiger partial charge in [-0.15, -0.1) is 0 Å². The second-order valence-electron chi connectivity index (χ2n) is 8.15. The number of hydrogen-bond acceptors (Lipinski definition) is 3. The molecule has 0 aliphatic carbocycles. The summed E-state index contributed by atoms with van der Waals surface area (Å²) in [6.45, 7) is 2.49. The molecule has 0 spiro atoms. The lowest BCUT2D eigenvalue weighted by Crippen LogP contribution is -2.42. The van der Waals surface area contributed by atoms with E-state index in [0.29, 0.717) is 40.8 Å². The maximum absolute atomic E-state index is 14.0. The van der Waals surface area contributed by atoms with Crippen molar-refractivity contribution in [2.24, 2.45) is 0 Å². The van der Waals surface area contributed by atoms with E-state index in [9.17, 15) is 18.4 Å². The number of amides is 1. The number of piperidine rings is 1. The van der Waals surface area contributed by atoms with Crippen LogP contribution >= 0.6 is 11.6 Å². The van der Waals surface area contributed by atoms with Crippen molar-refractivity contribution in [1.29, 1.82) is 0 Å². The average Bonchev–Trinajstić information content (AvgIpc) is 2.74. The minimum Gasteiger partial charge on any atom is -0.334 e. The van der Waals surface area contributed by atoms with Crippen molar-refractivity contribution in [3.8, 4) is 0 Å².